The third-order valence-electron chi connectivity index (χ3n) is 6.81. The van der Waals surface area contributed by atoms with Gasteiger partial charge in [0.25, 0.3) is 0 Å². The number of benzene rings is 2. The van der Waals surface area contributed by atoms with Crippen molar-refractivity contribution in [3.63, 3.8) is 0 Å². The van der Waals surface area contributed by atoms with E-state index in [1.54, 1.807) is 35.0 Å². The Morgan fingerprint density at radius 3 is 2.47 bits per heavy atom. The van der Waals surface area contributed by atoms with E-state index in [1.165, 1.54) is 18.2 Å². The summed E-state index contributed by atoms with van der Waals surface area (Å²) in [5, 5.41) is 3.35. The summed E-state index contributed by atoms with van der Waals surface area (Å²) in [6, 6.07) is 12.1. The van der Waals surface area contributed by atoms with E-state index in [9.17, 15) is 17.6 Å². The predicted octanol–water partition coefficient (Wildman–Crippen LogP) is 5.83. The highest BCUT2D eigenvalue weighted by atomic mass is 19.4. The number of aromatic nitrogens is 4. The summed E-state index contributed by atoms with van der Waals surface area (Å²) in [5.74, 6) is 0.949. The van der Waals surface area contributed by atoms with Crippen molar-refractivity contribution in [3.05, 3.63) is 77.5 Å². The fourth-order valence-corrected chi connectivity index (χ4v) is 4.85. The van der Waals surface area contributed by atoms with Crippen LogP contribution in [-0.4, -0.2) is 32.6 Å². The van der Waals surface area contributed by atoms with Crippen molar-refractivity contribution in [1.82, 2.24) is 24.8 Å². The van der Waals surface area contributed by atoms with Crippen molar-refractivity contribution in [1.29, 1.82) is 0 Å². The van der Waals surface area contributed by atoms with Crippen LogP contribution in [0.2, 0.25) is 0 Å². The lowest BCUT2D eigenvalue weighted by atomic mass is 9.94. The molecule has 1 aliphatic rings. The van der Waals surface area contributed by atoms with Crippen LogP contribution in [-0.2, 0) is 25.6 Å². The van der Waals surface area contributed by atoms with Gasteiger partial charge in [0.15, 0.2) is 5.65 Å². The molecule has 0 aliphatic carbocycles. The number of rotatable bonds is 7. The van der Waals surface area contributed by atoms with E-state index in [-0.39, 0.29) is 17.2 Å². The van der Waals surface area contributed by atoms with Crippen LogP contribution in [0.4, 0.5) is 17.6 Å². The number of halogens is 4. The van der Waals surface area contributed by atoms with E-state index < -0.39 is 11.7 Å². The van der Waals surface area contributed by atoms with Crippen LogP contribution in [0, 0.1) is 11.7 Å². The number of piperidine rings is 1. The molecular weight excluding hydrogens is 470 g/mol. The summed E-state index contributed by atoms with van der Waals surface area (Å²) < 4.78 is 57.4. The second-order valence-electron chi connectivity index (χ2n) is 9.20. The Kier molecular flexibility index (Phi) is 7.00. The molecule has 5 rings (SSSR count). The molecule has 36 heavy (non-hydrogen) atoms. The minimum absolute atomic E-state index is 0.0289. The van der Waals surface area contributed by atoms with Crippen molar-refractivity contribution >= 4 is 11.2 Å². The van der Waals surface area contributed by atoms with Crippen molar-refractivity contribution in [3.8, 4) is 11.4 Å². The third-order valence-corrected chi connectivity index (χ3v) is 6.81. The lowest BCUT2D eigenvalue weighted by Crippen LogP contribution is -2.28. The van der Waals surface area contributed by atoms with Gasteiger partial charge in [0.05, 0.1) is 11.8 Å². The van der Waals surface area contributed by atoms with E-state index in [4.69, 9.17) is 4.98 Å². The van der Waals surface area contributed by atoms with E-state index in [0.717, 1.165) is 38.4 Å². The van der Waals surface area contributed by atoms with Crippen LogP contribution in [0.3, 0.4) is 0 Å². The average molecular weight is 498 g/mol. The molecule has 5 nitrogen and oxygen atoms in total. The Balaban J connectivity index is 1.53. The second kappa shape index (κ2) is 10.3. The number of imidazole rings is 1. The number of hydrogen-bond acceptors (Lipinski definition) is 4. The van der Waals surface area contributed by atoms with Gasteiger partial charge in [0, 0.05) is 18.5 Å². The van der Waals surface area contributed by atoms with E-state index in [1.807, 2.05) is 0 Å². The van der Waals surface area contributed by atoms with Crippen LogP contribution in [0.5, 0.6) is 0 Å². The van der Waals surface area contributed by atoms with Crippen molar-refractivity contribution in [2.24, 2.45) is 5.92 Å². The summed E-state index contributed by atoms with van der Waals surface area (Å²) >= 11 is 0. The van der Waals surface area contributed by atoms with Gasteiger partial charge in [-0.15, -0.1) is 0 Å². The van der Waals surface area contributed by atoms with Gasteiger partial charge < -0.3 is 9.88 Å². The molecule has 0 spiro atoms. The molecule has 1 fully saturated rings. The maximum Gasteiger partial charge on any atom is 0.417 e. The molecule has 9 heteroatoms. The van der Waals surface area contributed by atoms with Crippen molar-refractivity contribution in [2.75, 3.05) is 13.1 Å². The molecule has 2 aromatic carbocycles. The van der Waals surface area contributed by atoms with E-state index in [0.29, 0.717) is 47.9 Å². The van der Waals surface area contributed by atoms with Gasteiger partial charge in [0.1, 0.15) is 23.0 Å². The highest BCUT2D eigenvalue weighted by Crippen LogP contribution is 2.37. The van der Waals surface area contributed by atoms with Crippen LogP contribution >= 0.6 is 0 Å². The monoisotopic (exact) mass is 497 g/mol. The highest BCUT2D eigenvalue weighted by molar-refractivity contribution is 5.77. The standard InChI is InChI=1S/C27H27F4N5/c28-22-8-4-1-5-19(22)9-10-24-33-17-23-26(35-24)36(16-13-18-11-14-32-15-12-18)25(34-23)20-6-2-3-7-21(20)27(29,30)31/h1-8,17-18,32H,9-16H2. The van der Waals surface area contributed by atoms with Gasteiger partial charge >= 0.3 is 6.18 Å². The van der Waals surface area contributed by atoms with Crippen LogP contribution in [0.15, 0.2) is 54.7 Å². The van der Waals surface area contributed by atoms with E-state index in [2.05, 4.69) is 15.3 Å². The second-order valence-corrected chi connectivity index (χ2v) is 9.20. The quantitative estimate of drug-likeness (QED) is 0.327. The van der Waals surface area contributed by atoms with Gasteiger partial charge in [0.2, 0.25) is 0 Å². The fourth-order valence-electron chi connectivity index (χ4n) is 4.85. The Hall–Kier alpha value is -3.33. The average Bonchev–Trinajstić information content (AvgIpc) is 3.25. The van der Waals surface area contributed by atoms with Crippen molar-refractivity contribution in [2.45, 2.75) is 44.8 Å². The summed E-state index contributed by atoms with van der Waals surface area (Å²) in [6.07, 6.45) is 0.762. The molecule has 3 heterocycles. The van der Waals surface area contributed by atoms with Gasteiger partial charge in [-0.05, 0) is 62.4 Å². The third kappa shape index (κ3) is 5.26. The first-order valence-electron chi connectivity index (χ1n) is 12.2. The minimum atomic E-state index is -4.51. The van der Waals surface area contributed by atoms with Gasteiger partial charge in [-0.3, -0.25) is 0 Å². The molecule has 0 radical (unpaired) electrons. The molecule has 4 aromatic rings. The highest BCUT2D eigenvalue weighted by Gasteiger charge is 2.35. The number of hydrogen-bond donors (Lipinski definition) is 1. The van der Waals surface area contributed by atoms with E-state index >= 15 is 0 Å². The Labute approximate surface area is 206 Å². The smallest absolute Gasteiger partial charge is 0.317 e. The van der Waals surface area contributed by atoms with Gasteiger partial charge in [-0.25, -0.2) is 19.3 Å². The summed E-state index contributed by atoms with van der Waals surface area (Å²) in [6.45, 7) is 2.40. The Bertz CT molecular complexity index is 1340. The first-order chi connectivity index (χ1) is 17.4. The zero-order chi connectivity index (χ0) is 25.1. The molecule has 0 unspecified atom stereocenters. The lowest BCUT2D eigenvalue weighted by molar-refractivity contribution is -0.137. The molecule has 0 atom stereocenters. The van der Waals surface area contributed by atoms with Crippen LogP contribution in [0.1, 0.15) is 36.2 Å². The first kappa shape index (κ1) is 24.4. The molecule has 1 N–H and O–H groups in total. The number of nitrogens with one attached hydrogen (secondary N) is 1. The topological polar surface area (TPSA) is 55.6 Å². The maximum absolute atomic E-state index is 14.1. The zero-order valence-electron chi connectivity index (χ0n) is 19.7. The molecule has 1 saturated heterocycles. The Morgan fingerprint density at radius 2 is 1.69 bits per heavy atom. The fraction of sp³-hybridized carbons (Fsp3) is 0.370. The summed E-state index contributed by atoms with van der Waals surface area (Å²) in [4.78, 5) is 13.6. The van der Waals surface area contributed by atoms with Crippen LogP contribution in [0.25, 0.3) is 22.6 Å². The Morgan fingerprint density at radius 1 is 0.944 bits per heavy atom. The first-order valence-corrected chi connectivity index (χ1v) is 12.2. The molecule has 1 aliphatic heterocycles. The molecule has 0 amide bonds. The van der Waals surface area contributed by atoms with Gasteiger partial charge in [-0.1, -0.05) is 36.4 Å². The number of alkyl halides is 3. The lowest BCUT2D eigenvalue weighted by Gasteiger charge is -2.23. The number of fused-ring (bicyclic) bond motifs is 1. The number of nitrogens with zero attached hydrogens (tertiary/aromatic N) is 4. The SMILES string of the molecule is Fc1ccccc1CCc1ncc2nc(-c3ccccc3C(F)(F)F)n(CCC3CCNCC3)c2n1. The predicted molar refractivity (Wildman–Crippen MR) is 130 cm³/mol. The molecule has 2 aromatic heterocycles. The zero-order valence-corrected chi connectivity index (χ0v) is 19.7. The normalized spacial score (nSPS) is 15.0. The largest absolute Gasteiger partial charge is 0.417 e. The van der Waals surface area contributed by atoms with Crippen molar-refractivity contribution < 1.29 is 17.6 Å². The van der Waals surface area contributed by atoms with Crippen LogP contribution < -0.4 is 5.32 Å². The molecule has 188 valence electrons. The summed E-state index contributed by atoms with van der Waals surface area (Å²) in [5.41, 5.74) is 0.828. The molecule has 0 bridgehead atoms. The summed E-state index contributed by atoms with van der Waals surface area (Å²) in [7, 11) is 0. The maximum atomic E-state index is 14.1. The number of aryl methyl sites for hydroxylation is 3. The molecule has 0 saturated carbocycles. The van der Waals surface area contributed by atoms with Gasteiger partial charge in [-0.2, -0.15) is 13.2 Å². The molecular formula is C27H27F4N5. The minimum Gasteiger partial charge on any atom is -0.317 e.